The Labute approximate surface area is 107 Å². The Morgan fingerprint density at radius 2 is 1.88 bits per heavy atom. The molecular weight excluding hydrogens is 284 g/mol. The molecule has 1 amide bonds. The number of halogens is 1. The number of carbonyl (C=O) groups is 2. The number of amides is 1. The van der Waals surface area contributed by atoms with Gasteiger partial charge >= 0.3 is 0 Å². The molecule has 1 fully saturated rings. The lowest BCUT2D eigenvalue weighted by molar-refractivity contribution is -0.112. The molecule has 0 aromatic heterocycles. The molecule has 0 atom stereocenters. The van der Waals surface area contributed by atoms with Crippen molar-refractivity contribution in [3.8, 4) is 0 Å². The summed E-state index contributed by atoms with van der Waals surface area (Å²) >= 11 is 3.47. The summed E-state index contributed by atoms with van der Waals surface area (Å²) < 4.78 is 0.878. The molecule has 17 heavy (non-hydrogen) atoms. The van der Waals surface area contributed by atoms with E-state index < -0.39 is 11.7 Å². The maximum absolute atomic E-state index is 11.5. The van der Waals surface area contributed by atoms with Crippen molar-refractivity contribution in [2.24, 2.45) is 0 Å². The number of rotatable bonds is 1. The summed E-state index contributed by atoms with van der Waals surface area (Å²) in [5.74, 6) is -0.987. The average molecular weight is 295 g/mol. The number of benzene rings is 1. The Balaban J connectivity index is 2.06. The molecule has 3 rings (SSSR count). The average Bonchev–Trinajstić information content (AvgIpc) is 2.90. The van der Waals surface area contributed by atoms with Gasteiger partial charge in [-0.25, -0.2) is 0 Å². The van der Waals surface area contributed by atoms with Crippen LogP contribution in [-0.2, 0) is 4.79 Å². The summed E-state index contributed by atoms with van der Waals surface area (Å²) in [5, 5.41) is 2.60. The van der Waals surface area contributed by atoms with E-state index in [1.807, 2.05) is 6.07 Å². The number of carbonyl (C=O) groups excluding carboxylic acids is 2. The number of anilines is 2. The molecule has 1 aromatic carbocycles. The molecule has 0 aliphatic carbocycles. The van der Waals surface area contributed by atoms with Gasteiger partial charge < -0.3 is 10.2 Å². The predicted molar refractivity (Wildman–Crippen MR) is 68.5 cm³/mol. The fourth-order valence-corrected chi connectivity index (χ4v) is 2.95. The zero-order valence-electron chi connectivity index (χ0n) is 9.12. The van der Waals surface area contributed by atoms with Crippen molar-refractivity contribution >= 4 is 39.0 Å². The third-order valence-corrected chi connectivity index (χ3v) is 3.87. The summed E-state index contributed by atoms with van der Waals surface area (Å²) in [6, 6.07) is 3.62. The molecule has 2 heterocycles. The lowest BCUT2D eigenvalue weighted by Crippen LogP contribution is -2.18. The van der Waals surface area contributed by atoms with Gasteiger partial charge in [-0.15, -0.1) is 0 Å². The lowest BCUT2D eigenvalue weighted by Gasteiger charge is -2.20. The van der Waals surface area contributed by atoms with Crippen molar-refractivity contribution in [2.75, 3.05) is 23.3 Å². The summed E-state index contributed by atoms with van der Waals surface area (Å²) in [5.41, 5.74) is 2.14. The highest BCUT2D eigenvalue weighted by Gasteiger charge is 2.30. The molecule has 2 aliphatic heterocycles. The Morgan fingerprint density at radius 3 is 2.59 bits per heavy atom. The highest BCUT2D eigenvalue weighted by molar-refractivity contribution is 9.10. The van der Waals surface area contributed by atoms with E-state index in [1.54, 1.807) is 6.07 Å². The van der Waals surface area contributed by atoms with Gasteiger partial charge in [0.05, 0.1) is 16.9 Å². The van der Waals surface area contributed by atoms with Crippen LogP contribution in [0.15, 0.2) is 16.6 Å². The maximum atomic E-state index is 11.5. The van der Waals surface area contributed by atoms with E-state index in [0.717, 1.165) is 23.2 Å². The van der Waals surface area contributed by atoms with Crippen molar-refractivity contribution in [1.29, 1.82) is 0 Å². The second-order valence-corrected chi connectivity index (χ2v) is 5.18. The van der Waals surface area contributed by atoms with E-state index >= 15 is 0 Å². The van der Waals surface area contributed by atoms with Gasteiger partial charge in [0.1, 0.15) is 0 Å². The smallest absolute Gasteiger partial charge is 0.296 e. The molecule has 1 N–H and O–H groups in total. The molecule has 1 saturated heterocycles. The van der Waals surface area contributed by atoms with Crippen LogP contribution < -0.4 is 10.2 Å². The quantitative estimate of drug-likeness (QED) is 0.808. The summed E-state index contributed by atoms with van der Waals surface area (Å²) in [7, 11) is 0. The van der Waals surface area contributed by atoms with Crippen molar-refractivity contribution in [2.45, 2.75) is 12.8 Å². The van der Waals surface area contributed by atoms with Gasteiger partial charge in [0.15, 0.2) is 0 Å². The van der Waals surface area contributed by atoms with Crippen LogP contribution in [0.25, 0.3) is 0 Å². The number of fused-ring (bicyclic) bond motifs is 1. The minimum absolute atomic E-state index is 0.450. The molecule has 0 radical (unpaired) electrons. The first-order chi connectivity index (χ1) is 8.16. The van der Waals surface area contributed by atoms with Crippen LogP contribution in [0, 0.1) is 0 Å². The number of nitrogens with one attached hydrogen (secondary N) is 1. The summed E-state index contributed by atoms with van der Waals surface area (Å²) in [4.78, 5) is 25.1. The van der Waals surface area contributed by atoms with Crippen LogP contribution in [0.1, 0.15) is 23.2 Å². The van der Waals surface area contributed by atoms with E-state index in [-0.39, 0.29) is 0 Å². The molecule has 5 heteroatoms. The Hall–Kier alpha value is -1.36. The fraction of sp³-hybridized carbons (Fsp3) is 0.333. The normalized spacial score (nSPS) is 18.5. The van der Waals surface area contributed by atoms with Crippen molar-refractivity contribution in [3.05, 3.63) is 22.2 Å². The van der Waals surface area contributed by atoms with Crippen molar-refractivity contribution in [1.82, 2.24) is 0 Å². The van der Waals surface area contributed by atoms with Crippen LogP contribution >= 0.6 is 15.9 Å². The molecule has 88 valence electrons. The third-order valence-electron chi connectivity index (χ3n) is 3.23. The highest BCUT2D eigenvalue weighted by atomic mass is 79.9. The molecule has 1 aromatic rings. The molecular formula is C12H11BrN2O2. The van der Waals surface area contributed by atoms with Crippen LogP contribution in [0.3, 0.4) is 0 Å². The largest absolute Gasteiger partial charge is 0.371 e. The van der Waals surface area contributed by atoms with Crippen LogP contribution in [0.5, 0.6) is 0 Å². The van der Waals surface area contributed by atoms with Crippen molar-refractivity contribution < 1.29 is 9.59 Å². The minimum Gasteiger partial charge on any atom is -0.371 e. The van der Waals surface area contributed by atoms with Crippen LogP contribution in [0.4, 0.5) is 11.4 Å². The number of hydrogen-bond acceptors (Lipinski definition) is 3. The Morgan fingerprint density at radius 1 is 1.18 bits per heavy atom. The van der Waals surface area contributed by atoms with Crippen LogP contribution in [0.2, 0.25) is 0 Å². The van der Waals surface area contributed by atoms with Gasteiger partial charge in [-0.2, -0.15) is 0 Å². The van der Waals surface area contributed by atoms with Gasteiger partial charge in [0.25, 0.3) is 11.7 Å². The fourth-order valence-electron chi connectivity index (χ4n) is 2.35. The molecule has 0 bridgehead atoms. The third kappa shape index (κ3) is 1.65. The van der Waals surface area contributed by atoms with Crippen molar-refractivity contribution in [3.63, 3.8) is 0 Å². The Bertz CT molecular complexity index is 521. The zero-order chi connectivity index (χ0) is 12.0. The highest BCUT2D eigenvalue weighted by Crippen LogP contribution is 2.36. The van der Waals surface area contributed by atoms with E-state index in [1.165, 1.54) is 12.8 Å². The van der Waals surface area contributed by atoms with Gasteiger partial charge in [-0.05, 0) is 40.9 Å². The maximum Gasteiger partial charge on any atom is 0.296 e. The van der Waals surface area contributed by atoms with Gasteiger partial charge in [-0.1, -0.05) is 0 Å². The van der Waals surface area contributed by atoms with E-state index in [9.17, 15) is 9.59 Å². The van der Waals surface area contributed by atoms with Crippen LogP contribution in [-0.4, -0.2) is 24.8 Å². The number of hydrogen-bond donors (Lipinski definition) is 1. The second-order valence-electron chi connectivity index (χ2n) is 4.33. The minimum atomic E-state index is -0.537. The molecule has 4 nitrogen and oxygen atoms in total. The summed E-state index contributed by atoms with van der Waals surface area (Å²) in [6.07, 6.45) is 2.38. The standard InChI is InChI=1S/C12H11BrN2O2/c13-8-5-7-9(14-12(17)11(7)16)6-10(8)15-3-1-2-4-15/h5-6H,1-4H2,(H,14,16,17). The molecule has 0 saturated carbocycles. The number of ketones is 1. The molecule has 2 aliphatic rings. The number of Topliss-reactive ketones (excluding diaryl/α,β-unsaturated/α-hetero) is 1. The van der Waals surface area contributed by atoms with E-state index in [2.05, 4.69) is 26.1 Å². The molecule has 0 spiro atoms. The van der Waals surface area contributed by atoms with Gasteiger partial charge in [0.2, 0.25) is 0 Å². The predicted octanol–water partition coefficient (Wildman–Crippen LogP) is 2.18. The topological polar surface area (TPSA) is 49.4 Å². The molecule has 0 unspecified atom stereocenters. The SMILES string of the molecule is O=C1Nc2cc(N3CCCC3)c(Br)cc2C1=O. The zero-order valence-corrected chi connectivity index (χ0v) is 10.7. The first-order valence-electron chi connectivity index (χ1n) is 5.61. The van der Waals surface area contributed by atoms with E-state index in [0.29, 0.717) is 11.3 Å². The first kappa shape index (κ1) is 10.8. The second kappa shape index (κ2) is 3.84. The van der Waals surface area contributed by atoms with Gasteiger partial charge in [-0.3, -0.25) is 9.59 Å². The monoisotopic (exact) mass is 294 g/mol. The van der Waals surface area contributed by atoms with Gasteiger partial charge in [0, 0.05) is 17.6 Å². The lowest BCUT2D eigenvalue weighted by atomic mass is 10.1. The van der Waals surface area contributed by atoms with E-state index in [4.69, 9.17) is 0 Å². The first-order valence-corrected chi connectivity index (χ1v) is 6.40. The summed E-state index contributed by atoms with van der Waals surface area (Å²) in [6.45, 7) is 2.05. The Kier molecular flexibility index (Phi) is 2.43. The number of nitrogens with zero attached hydrogens (tertiary/aromatic N) is 1.